The van der Waals surface area contributed by atoms with E-state index in [1.54, 1.807) is 17.5 Å². The van der Waals surface area contributed by atoms with Gasteiger partial charge in [-0.25, -0.2) is 4.98 Å². The third kappa shape index (κ3) is 2.87. The Morgan fingerprint density at radius 3 is 2.78 bits per heavy atom. The molecule has 2 aliphatic heterocycles. The maximum absolute atomic E-state index is 13.2. The molecule has 0 unspecified atom stereocenters. The van der Waals surface area contributed by atoms with Gasteiger partial charge in [0.15, 0.2) is 0 Å². The van der Waals surface area contributed by atoms with E-state index in [0.717, 1.165) is 36.7 Å². The number of pyridine rings is 1. The molecule has 0 spiro atoms. The van der Waals surface area contributed by atoms with Gasteiger partial charge in [0.05, 0.1) is 35.5 Å². The van der Waals surface area contributed by atoms with E-state index in [1.165, 1.54) is 4.88 Å². The SMILES string of the molecule is Cc1ncsc1CN1C[C@@H]2[C@H](C1)N(Cc1ccccn1)C(=O)c1cccn12. The van der Waals surface area contributed by atoms with E-state index in [9.17, 15) is 4.79 Å². The zero-order valence-corrected chi connectivity index (χ0v) is 16.0. The molecule has 1 amide bonds. The molecule has 3 aromatic rings. The highest BCUT2D eigenvalue weighted by atomic mass is 32.1. The van der Waals surface area contributed by atoms with Gasteiger partial charge >= 0.3 is 0 Å². The van der Waals surface area contributed by atoms with Gasteiger partial charge in [-0.15, -0.1) is 11.3 Å². The number of hydrogen-bond acceptors (Lipinski definition) is 5. The third-order valence-electron chi connectivity index (χ3n) is 5.62. The molecular weight excluding hydrogens is 358 g/mol. The number of carbonyl (C=O) groups is 1. The summed E-state index contributed by atoms with van der Waals surface area (Å²) in [5.74, 6) is 0.0997. The summed E-state index contributed by atoms with van der Waals surface area (Å²) < 4.78 is 2.17. The first-order valence-corrected chi connectivity index (χ1v) is 10.1. The summed E-state index contributed by atoms with van der Waals surface area (Å²) >= 11 is 1.71. The first-order valence-electron chi connectivity index (χ1n) is 9.20. The number of thiazole rings is 1. The molecule has 5 heterocycles. The number of amides is 1. The first-order chi connectivity index (χ1) is 13.2. The van der Waals surface area contributed by atoms with Crippen molar-refractivity contribution in [2.45, 2.75) is 32.1 Å². The second-order valence-corrected chi connectivity index (χ2v) is 8.18. The van der Waals surface area contributed by atoms with Crippen LogP contribution in [0, 0.1) is 6.92 Å². The summed E-state index contributed by atoms with van der Waals surface area (Å²) in [5, 5.41) is 0. The molecule has 2 aliphatic rings. The Hall–Kier alpha value is -2.51. The molecule has 7 heteroatoms. The predicted molar refractivity (Wildman–Crippen MR) is 103 cm³/mol. The topological polar surface area (TPSA) is 54.3 Å². The van der Waals surface area contributed by atoms with Crippen LogP contribution in [0.1, 0.15) is 32.8 Å². The second-order valence-electron chi connectivity index (χ2n) is 7.24. The van der Waals surface area contributed by atoms with Crippen LogP contribution in [-0.4, -0.2) is 49.4 Å². The highest BCUT2D eigenvalue weighted by molar-refractivity contribution is 7.09. The number of nitrogens with zero attached hydrogens (tertiary/aromatic N) is 5. The lowest BCUT2D eigenvalue weighted by atomic mass is 10.1. The quantitative estimate of drug-likeness (QED) is 0.699. The van der Waals surface area contributed by atoms with Gasteiger partial charge in [-0.2, -0.15) is 0 Å². The van der Waals surface area contributed by atoms with Crippen LogP contribution in [0.2, 0.25) is 0 Å². The van der Waals surface area contributed by atoms with E-state index in [1.807, 2.05) is 46.9 Å². The van der Waals surface area contributed by atoms with Crippen LogP contribution in [0.4, 0.5) is 0 Å². The molecule has 0 bridgehead atoms. The lowest BCUT2D eigenvalue weighted by Gasteiger charge is -2.38. The Bertz CT molecular complexity index is 966. The number of aryl methyl sites for hydroxylation is 1. The van der Waals surface area contributed by atoms with E-state index in [4.69, 9.17) is 0 Å². The van der Waals surface area contributed by atoms with Crippen molar-refractivity contribution in [3.8, 4) is 0 Å². The van der Waals surface area contributed by atoms with E-state index >= 15 is 0 Å². The molecule has 0 aromatic carbocycles. The normalized spacial score (nSPS) is 22.1. The average molecular weight is 379 g/mol. The maximum atomic E-state index is 13.2. The average Bonchev–Trinajstić information content (AvgIpc) is 3.40. The van der Waals surface area contributed by atoms with Crippen LogP contribution in [0.5, 0.6) is 0 Å². The van der Waals surface area contributed by atoms with Crippen molar-refractivity contribution in [1.29, 1.82) is 0 Å². The number of hydrogen-bond donors (Lipinski definition) is 0. The number of aromatic nitrogens is 3. The monoisotopic (exact) mass is 379 g/mol. The van der Waals surface area contributed by atoms with Crippen LogP contribution in [0.15, 0.2) is 48.2 Å². The van der Waals surface area contributed by atoms with Crippen LogP contribution in [0.3, 0.4) is 0 Å². The van der Waals surface area contributed by atoms with Gasteiger partial charge in [-0.1, -0.05) is 6.07 Å². The first kappa shape index (κ1) is 16.6. The zero-order chi connectivity index (χ0) is 18.4. The Balaban J connectivity index is 1.45. The Morgan fingerprint density at radius 1 is 1.11 bits per heavy atom. The van der Waals surface area contributed by atoms with E-state index in [0.29, 0.717) is 6.54 Å². The van der Waals surface area contributed by atoms with Gasteiger partial charge in [0, 0.05) is 36.9 Å². The molecule has 27 heavy (non-hydrogen) atoms. The summed E-state index contributed by atoms with van der Waals surface area (Å²) in [5.41, 5.74) is 4.73. The van der Waals surface area contributed by atoms with E-state index in [-0.39, 0.29) is 18.0 Å². The fourth-order valence-corrected chi connectivity index (χ4v) is 5.07. The van der Waals surface area contributed by atoms with E-state index in [2.05, 4.69) is 26.4 Å². The molecule has 0 saturated carbocycles. The summed E-state index contributed by atoms with van der Waals surface area (Å²) in [6.07, 6.45) is 3.84. The van der Waals surface area contributed by atoms with Gasteiger partial charge in [-0.05, 0) is 31.2 Å². The highest BCUT2D eigenvalue weighted by Gasteiger charge is 2.45. The lowest BCUT2D eigenvalue weighted by molar-refractivity contribution is 0.0553. The minimum absolute atomic E-state index is 0.0997. The molecule has 3 aromatic heterocycles. The Kier molecular flexibility index (Phi) is 4.06. The number of likely N-dealkylation sites (tertiary alicyclic amines) is 1. The van der Waals surface area contributed by atoms with Crippen LogP contribution in [0.25, 0.3) is 0 Å². The minimum atomic E-state index is 0.0997. The van der Waals surface area contributed by atoms with Crippen molar-refractivity contribution in [3.63, 3.8) is 0 Å². The van der Waals surface area contributed by atoms with Gasteiger partial charge in [-0.3, -0.25) is 14.7 Å². The van der Waals surface area contributed by atoms with Crippen molar-refractivity contribution in [1.82, 2.24) is 24.3 Å². The lowest BCUT2D eigenvalue weighted by Crippen LogP contribution is -2.49. The van der Waals surface area contributed by atoms with Crippen molar-refractivity contribution < 1.29 is 4.79 Å². The molecular formula is C20H21N5OS. The Morgan fingerprint density at radius 2 is 2.00 bits per heavy atom. The maximum Gasteiger partial charge on any atom is 0.271 e. The summed E-state index contributed by atoms with van der Waals surface area (Å²) in [6.45, 7) is 5.33. The summed E-state index contributed by atoms with van der Waals surface area (Å²) in [4.78, 5) is 27.7. The predicted octanol–water partition coefficient (Wildman–Crippen LogP) is 2.73. The molecule has 0 aliphatic carbocycles. The summed E-state index contributed by atoms with van der Waals surface area (Å²) in [6, 6.07) is 10.2. The van der Waals surface area contributed by atoms with Gasteiger partial charge in [0.25, 0.3) is 5.91 Å². The van der Waals surface area contributed by atoms with Crippen LogP contribution >= 0.6 is 11.3 Å². The van der Waals surface area contributed by atoms with E-state index < -0.39 is 0 Å². The molecule has 1 saturated heterocycles. The molecule has 6 nitrogen and oxygen atoms in total. The van der Waals surface area contributed by atoms with Crippen molar-refractivity contribution in [3.05, 3.63) is 70.2 Å². The highest BCUT2D eigenvalue weighted by Crippen LogP contribution is 2.35. The van der Waals surface area contributed by atoms with Gasteiger partial charge < -0.3 is 9.47 Å². The smallest absolute Gasteiger partial charge is 0.271 e. The van der Waals surface area contributed by atoms with Crippen molar-refractivity contribution in [2.24, 2.45) is 0 Å². The third-order valence-corrected chi connectivity index (χ3v) is 6.54. The van der Waals surface area contributed by atoms with Crippen molar-refractivity contribution >= 4 is 17.2 Å². The molecule has 0 N–H and O–H groups in total. The Labute approximate surface area is 162 Å². The second kappa shape index (κ2) is 6.58. The number of rotatable bonds is 4. The number of carbonyl (C=O) groups excluding carboxylic acids is 1. The number of fused-ring (bicyclic) bond motifs is 3. The molecule has 2 atom stereocenters. The van der Waals surface area contributed by atoms with Gasteiger partial charge in [0.2, 0.25) is 0 Å². The fourth-order valence-electron chi connectivity index (χ4n) is 4.25. The molecule has 0 radical (unpaired) electrons. The van der Waals surface area contributed by atoms with Crippen LogP contribution < -0.4 is 0 Å². The van der Waals surface area contributed by atoms with Gasteiger partial charge in [0.1, 0.15) is 5.69 Å². The van der Waals surface area contributed by atoms with Crippen LogP contribution in [-0.2, 0) is 13.1 Å². The fraction of sp³-hybridized carbons (Fsp3) is 0.350. The summed E-state index contributed by atoms with van der Waals surface area (Å²) in [7, 11) is 0. The molecule has 1 fully saturated rings. The van der Waals surface area contributed by atoms with Crippen molar-refractivity contribution in [2.75, 3.05) is 13.1 Å². The molecule has 138 valence electrons. The standard InChI is InChI=1S/C20H21N5OS/c1-14-19(27-13-22-14)12-23-10-17-18(11-23)25(9-15-5-2-3-7-21-15)20(26)16-6-4-8-24(16)17/h2-8,13,17-18H,9-12H2,1H3/t17-,18+/m1/s1. The minimum Gasteiger partial charge on any atom is -0.337 e. The molecule has 5 rings (SSSR count). The largest absolute Gasteiger partial charge is 0.337 e. The zero-order valence-electron chi connectivity index (χ0n) is 15.2.